The number of ketones is 1. The van der Waals surface area contributed by atoms with Crippen LogP contribution in [0.25, 0.3) is 11.0 Å². The first kappa shape index (κ1) is 37.8. The van der Waals surface area contributed by atoms with Gasteiger partial charge in [-0.1, -0.05) is 31.9 Å². The Morgan fingerprint density at radius 3 is 2.56 bits per heavy atom. The van der Waals surface area contributed by atoms with Crippen molar-refractivity contribution in [1.82, 2.24) is 19.6 Å². The van der Waals surface area contributed by atoms with E-state index in [9.17, 15) is 32.0 Å². The van der Waals surface area contributed by atoms with E-state index in [-0.39, 0.29) is 49.3 Å². The van der Waals surface area contributed by atoms with Gasteiger partial charge < -0.3 is 14.4 Å². The molecule has 6 rings (SSSR count). The fourth-order valence-corrected chi connectivity index (χ4v) is 8.82. The lowest BCUT2D eigenvalue weighted by molar-refractivity contribution is -0.159. The number of Topliss-reactive ketones (excluding diaryl/α,β-unsaturated/α-hetero) is 1. The number of carbonyl (C=O) groups is 4. The zero-order valence-corrected chi connectivity index (χ0v) is 31.2. The number of hydrogen-bond donors (Lipinski definition) is 1. The van der Waals surface area contributed by atoms with E-state index in [1.165, 1.54) is 23.1 Å². The number of fused-ring (bicyclic) bond motifs is 3. The highest BCUT2D eigenvalue weighted by atomic mass is 32.2. The summed E-state index contributed by atoms with van der Waals surface area (Å²) in [6.45, 7) is 7.17. The highest BCUT2D eigenvalue weighted by molar-refractivity contribution is 7.90. The number of amides is 2. The predicted octanol–water partition coefficient (Wildman–Crippen LogP) is 5.12. The Bertz CT molecular complexity index is 1870. The quantitative estimate of drug-likeness (QED) is 0.284. The summed E-state index contributed by atoms with van der Waals surface area (Å²) in [6.07, 6.45) is 8.03. The summed E-state index contributed by atoms with van der Waals surface area (Å²) >= 11 is 0. The molecule has 14 heteroatoms. The van der Waals surface area contributed by atoms with Gasteiger partial charge in [-0.05, 0) is 83.8 Å². The molecule has 0 spiro atoms. The summed E-state index contributed by atoms with van der Waals surface area (Å²) in [5.41, 5.74) is -0.681. The number of carbonyl (C=O) groups excluding carboxylic acids is 4. The number of rotatable bonds is 8. The Balaban J connectivity index is 1.32. The van der Waals surface area contributed by atoms with Crippen molar-refractivity contribution < 1.29 is 41.5 Å². The third-order valence-electron chi connectivity index (χ3n) is 10.4. The number of aryl methyl sites for hydroxylation is 1. The molecule has 2 saturated carbocycles. The standard InChI is InChI=1S/C38H49FN4O8S/c1-5-28-34(41-30-18-25(39)13-16-29(30)40-28)50-26-19-31-32(44)21-38(36(47)42-52(48,49)27-14-15-27)20-24(38)12-10-8-6-7-9-11-23(35(46)43(31)22-26)17-33(45)51-37(2,3)4/h10,12-13,16,18,23-24,26-27,31H,5-9,11,14-15,17,19-22H2,1-4H3,(H,42,47)/b12-10-/t23-,24-,26-,31+,38-/m1/s1. The van der Waals surface area contributed by atoms with Gasteiger partial charge in [-0.25, -0.2) is 22.8 Å². The zero-order valence-electron chi connectivity index (χ0n) is 30.4. The van der Waals surface area contributed by atoms with E-state index in [0.717, 1.165) is 19.3 Å². The maximum absolute atomic E-state index is 14.5. The number of ether oxygens (including phenoxy) is 2. The molecule has 1 aromatic heterocycles. The van der Waals surface area contributed by atoms with Crippen molar-refractivity contribution in [2.24, 2.45) is 17.3 Å². The van der Waals surface area contributed by atoms with Crippen LogP contribution in [0.2, 0.25) is 0 Å². The van der Waals surface area contributed by atoms with Gasteiger partial charge in [0.25, 0.3) is 0 Å². The molecule has 1 N–H and O–H groups in total. The molecular weight excluding hydrogens is 692 g/mol. The van der Waals surface area contributed by atoms with Gasteiger partial charge >= 0.3 is 5.97 Å². The minimum absolute atomic E-state index is 0.00463. The first-order chi connectivity index (χ1) is 24.6. The predicted molar refractivity (Wildman–Crippen MR) is 190 cm³/mol. The van der Waals surface area contributed by atoms with E-state index in [1.54, 1.807) is 20.8 Å². The highest BCUT2D eigenvalue weighted by Crippen LogP contribution is 2.57. The third kappa shape index (κ3) is 8.64. The third-order valence-corrected chi connectivity index (χ3v) is 12.3. The van der Waals surface area contributed by atoms with Crippen LogP contribution >= 0.6 is 0 Å². The van der Waals surface area contributed by atoms with Crippen molar-refractivity contribution >= 4 is 44.6 Å². The largest absolute Gasteiger partial charge is 0.471 e. The molecule has 52 heavy (non-hydrogen) atoms. The van der Waals surface area contributed by atoms with Crippen molar-refractivity contribution in [2.45, 2.75) is 128 Å². The zero-order chi connectivity index (χ0) is 37.4. The molecule has 1 aromatic carbocycles. The van der Waals surface area contributed by atoms with Gasteiger partial charge in [-0.3, -0.25) is 23.9 Å². The van der Waals surface area contributed by atoms with E-state index < -0.39 is 62.0 Å². The number of halogens is 1. The molecule has 0 radical (unpaired) electrons. The van der Waals surface area contributed by atoms with Crippen molar-refractivity contribution in [2.75, 3.05) is 6.54 Å². The average molecular weight is 741 g/mol. The lowest BCUT2D eigenvalue weighted by Gasteiger charge is -2.29. The lowest BCUT2D eigenvalue weighted by Crippen LogP contribution is -2.46. The monoisotopic (exact) mass is 740 g/mol. The second-order valence-corrected chi connectivity index (χ2v) is 17.7. The first-order valence-electron chi connectivity index (χ1n) is 18.5. The number of nitrogens with one attached hydrogen (secondary N) is 1. The topological polar surface area (TPSA) is 162 Å². The Hall–Kier alpha value is -3.94. The maximum Gasteiger partial charge on any atom is 0.307 e. The molecule has 3 heterocycles. The minimum Gasteiger partial charge on any atom is -0.471 e. The van der Waals surface area contributed by atoms with Gasteiger partial charge in [0.05, 0.1) is 40.7 Å². The molecular formula is C38H49FN4O8S. The van der Waals surface area contributed by atoms with E-state index >= 15 is 0 Å². The van der Waals surface area contributed by atoms with Crippen molar-refractivity contribution in [3.63, 3.8) is 0 Å². The van der Waals surface area contributed by atoms with Gasteiger partial charge in [-0.2, -0.15) is 0 Å². The van der Waals surface area contributed by atoms with Gasteiger partial charge in [0.1, 0.15) is 23.2 Å². The number of aromatic nitrogens is 2. The molecule has 12 nitrogen and oxygen atoms in total. The van der Waals surface area contributed by atoms with Crippen LogP contribution in [0.5, 0.6) is 5.88 Å². The van der Waals surface area contributed by atoms with Crippen LogP contribution in [0.4, 0.5) is 4.39 Å². The summed E-state index contributed by atoms with van der Waals surface area (Å²) in [7, 11) is -3.86. The number of nitrogens with zero attached hydrogens (tertiary/aromatic N) is 3. The van der Waals surface area contributed by atoms with Crippen LogP contribution in [-0.4, -0.2) is 76.4 Å². The number of hydrogen-bond acceptors (Lipinski definition) is 10. The van der Waals surface area contributed by atoms with Crippen LogP contribution in [0.1, 0.15) is 104 Å². The SMILES string of the molecule is CCc1nc2ccc(F)cc2nc1O[C@@H]1C[C@H]2C(=O)C[C@]3(C(=O)NS(=O)(=O)C4CC4)C[C@H]3/C=C\CCCCC[C@H](CC(=O)OC(C)(C)C)C(=O)N2C1. The molecule has 0 unspecified atom stereocenters. The number of benzene rings is 1. The van der Waals surface area contributed by atoms with Gasteiger partial charge in [0, 0.05) is 24.8 Å². The normalized spacial score (nSPS) is 27.9. The summed E-state index contributed by atoms with van der Waals surface area (Å²) in [6, 6.07) is 3.10. The Morgan fingerprint density at radius 2 is 1.85 bits per heavy atom. The van der Waals surface area contributed by atoms with Crippen LogP contribution in [0, 0.1) is 23.1 Å². The van der Waals surface area contributed by atoms with Crippen molar-refractivity contribution in [3.8, 4) is 5.88 Å². The Labute approximate surface area is 304 Å². The Morgan fingerprint density at radius 1 is 1.08 bits per heavy atom. The van der Waals surface area contributed by atoms with Crippen LogP contribution < -0.4 is 9.46 Å². The molecule has 2 amide bonds. The summed E-state index contributed by atoms with van der Waals surface area (Å²) in [5.74, 6) is -3.36. The molecule has 2 aliphatic carbocycles. The second-order valence-electron chi connectivity index (χ2n) is 15.8. The van der Waals surface area contributed by atoms with Crippen LogP contribution in [0.15, 0.2) is 30.4 Å². The Kier molecular flexibility index (Phi) is 10.8. The summed E-state index contributed by atoms with van der Waals surface area (Å²) < 4.78 is 54.0. The van der Waals surface area contributed by atoms with E-state index in [0.29, 0.717) is 55.3 Å². The van der Waals surface area contributed by atoms with Crippen LogP contribution in [-0.2, 0) is 40.4 Å². The van der Waals surface area contributed by atoms with Crippen LogP contribution in [0.3, 0.4) is 0 Å². The van der Waals surface area contributed by atoms with Gasteiger partial charge in [0.2, 0.25) is 27.7 Å². The molecule has 282 valence electrons. The van der Waals surface area contributed by atoms with Gasteiger partial charge in [-0.15, -0.1) is 0 Å². The molecule has 2 aliphatic heterocycles. The number of allylic oxidation sites excluding steroid dienone is 2. The molecule has 3 fully saturated rings. The van der Waals surface area contributed by atoms with Crippen molar-refractivity contribution in [1.29, 1.82) is 0 Å². The minimum atomic E-state index is -3.86. The second kappa shape index (κ2) is 14.8. The average Bonchev–Trinajstić information content (AvgIpc) is 3.99. The van der Waals surface area contributed by atoms with E-state index in [4.69, 9.17) is 9.47 Å². The maximum atomic E-state index is 14.5. The fraction of sp³-hybridized carbons (Fsp3) is 0.632. The smallest absolute Gasteiger partial charge is 0.307 e. The van der Waals surface area contributed by atoms with Gasteiger partial charge in [0.15, 0.2) is 5.78 Å². The first-order valence-corrected chi connectivity index (χ1v) is 20.0. The van der Waals surface area contributed by atoms with E-state index in [2.05, 4.69) is 14.7 Å². The summed E-state index contributed by atoms with van der Waals surface area (Å²) in [5, 5.41) is -0.607. The molecule has 5 atom stereocenters. The molecule has 1 saturated heterocycles. The lowest BCUT2D eigenvalue weighted by atomic mass is 9.90. The molecule has 2 aromatic rings. The summed E-state index contributed by atoms with van der Waals surface area (Å²) in [4.78, 5) is 66.3. The number of esters is 1. The fourth-order valence-electron chi connectivity index (χ4n) is 7.44. The molecule has 0 bridgehead atoms. The molecule has 4 aliphatic rings. The van der Waals surface area contributed by atoms with E-state index in [1.807, 2.05) is 19.1 Å². The van der Waals surface area contributed by atoms with Crippen molar-refractivity contribution in [3.05, 3.63) is 41.9 Å². The highest BCUT2D eigenvalue weighted by Gasteiger charge is 2.61. The number of sulfonamides is 1.